The maximum atomic E-state index is 4.52. The summed E-state index contributed by atoms with van der Waals surface area (Å²) in [4.78, 5) is 4.52. The molecule has 0 spiro atoms. The SMILES string of the molecule is CCc1cc2ccccc2c(C)n1. The standard InChI is InChI=1S/C12H13N/c1-3-11-8-10-6-4-5-7-12(10)9(2)13-11/h4-8H,3H2,1-2H3. The van der Waals surface area contributed by atoms with Crippen molar-refractivity contribution in [3.05, 3.63) is 41.7 Å². The van der Waals surface area contributed by atoms with E-state index in [2.05, 4.69) is 49.2 Å². The van der Waals surface area contributed by atoms with Crippen molar-refractivity contribution >= 4 is 10.8 Å². The molecule has 1 aromatic heterocycles. The molecule has 0 amide bonds. The Morgan fingerprint density at radius 1 is 1.23 bits per heavy atom. The lowest BCUT2D eigenvalue weighted by atomic mass is 10.1. The maximum Gasteiger partial charge on any atom is 0.0454 e. The molecule has 0 atom stereocenters. The van der Waals surface area contributed by atoms with Crippen LogP contribution in [-0.4, -0.2) is 4.98 Å². The van der Waals surface area contributed by atoms with Crippen molar-refractivity contribution in [2.24, 2.45) is 0 Å². The fraction of sp³-hybridized carbons (Fsp3) is 0.250. The summed E-state index contributed by atoms with van der Waals surface area (Å²) in [6.45, 7) is 4.21. The molecule has 1 nitrogen and oxygen atoms in total. The lowest BCUT2D eigenvalue weighted by Gasteiger charge is -2.03. The van der Waals surface area contributed by atoms with Crippen LogP contribution in [0.3, 0.4) is 0 Å². The highest BCUT2D eigenvalue weighted by Crippen LogP contribution is 2.17. The Kier molecular flexibility index (Phi) is 2.01. The lowest BCUT2D eigenvalue weighted by Crippen LogP contribution is -1.91. The van der Waals surface area contributed by atoms with E-state index in [-0.39, 0.29) is 0 Å². The average Bonchev–Trinajstić information content (AvgIpc) is 2.18. The topological polar surface area (TPSA) is 12.9 Å². The van der Waals surface area contributed by atoms with Gasteiger partial charge in [-0.1, -0.05) is 31.2 Å². The first kappa shape index (κ1) is 8.24. The number of hydrogen-bond acceptors (Lipinski definition) is 1. The second-order valence-corrected chi connectivity index (χ2v) is 3.27. The summed E-state index contributed by atoms with van der Waals surface area (Å²) in [6, 6.07) is 10.6. The van der Waals surface area contributed by atoms with Crippen molar-refractivity contribution in [1.29, 1.82) is 0 Å². The number of fused-ring (bicyclic) bond motifs is 1. The van der Waals surface area contributed by atoms with E-state index in [0.717, 1.165) is 12.1 Å². The molecule has 0 saturated carbocycles. The molecule has 0 radical (unpaired) electrons. The predicted octanol–water partition coefficient (Wildman–Crippen LogP) is 3.11. The van der Waals surface area contributed by atoms with E-state index in [4.69, 9.17) is 0 Å². The normalized spacial score (nSPS) is 10.6. The Hall–Kier alpha value is -1.37. The minimum absolute atomic E-state index is 1.01. The summed E-state index contributed by atoms with van der Waals surface area (Å²) in [7, 11) is 0. The van der Waals surface area contributed by atoms with Crippen LogP contribution in [0.15, 0.2) is 30.3 Å². The van der Waals surface area contributed by atoms with Gasteiger partial charge in [-0.3, -0.25) is 4.98 Å². The van der Waals surface area contributed by atoms with Crippen LogP contribution in [0.4, 0.5) is 0 Å². The summed E-state index contributed by atoms with van der Waals surface area (Å²) in [5.41, 5.74) is 2.31. The van der Waals surface area contributed by atoms with Crippen LogP contribution in [0.2, 0.25) is 0 Å². The van der Waals surface area contributed by atoms with E-state index in [1.54, 1.807) is 0 Å². The van der Waals surface area contributed by atoms with Gasteiger partial charge in [-0.05, 0) is 24.8 Å². The molecular weight excluding hydrogens is 158 g/mol. The van der Waals surface area contributed by atoms with Crippen molar-refractivity contribution in [3.8, 4) is 0 Å². The number of aryl methyl sites for hydroxylation is 2. The maximum absolute atomic E-state index is 4.52. The molecule has 0 fully saturated rings. The first-order valence-corrected chi connectivity index (χ1v) is 4.66. The molecule has 1 heteroatoms. The van der Waals surface area contributed by atoms with E-state index in [0.29, 0.717) is 0 Å². The van der Waals surface area contributed by atoms with Gasteiger partial charge in [0.25, 0.3) is 0 Å². The zero-order valence-corrected chi connectivity index (χ0v) is 8.04. The lowest BCUT2D eigenvalue weighted by molar-refractivity contribution is 1.02. The smallest absolute Gasteiger partial charge is 0.0454 e. The van der Waals surface area contributed by atoms with Crippen molar-refractivity contribution < 1.29 is 0 Å². The molecule has 2 aromatic rings. The first-order valence-electron chi connectivity index (χ1n) is 4.66. The number of pyridine rings is 1. The molecule has 0 bridgehead atoms. The number of hydrogen-bond donors (Lipinski definition) is 0. The van der Waals surface area contributed by atoms with Crippen LogP contribution in [0.5, 0.6) is 0 Å². The largest absolute Gasteiger partial charge is 0.258 e. The predicted molar refractivity (Wildman–Crippen MR) is 55.9 cm³/mol. The highest BCUT2D eigenvalue weighted by Gasteiger charge is 1.99. The third kappa shape index (κ3) is 1.42. The molecule has 1 heterocycles. The van der Waals surface area contributed by atoms with Gasteiger partial charge in [0.15, 0.2) is 0 Å². The van der Waals surface area contributed by atoms with E-state index in [1.165, 1.54) is 16.5 Å². The average molecular weight is 171 g/mol. The van der Waals surface area contributed by atoms with E-state index in [1.807, 2.05) is 0 Å². The molecule has 13 heavy (non-hydrogen) atoms. The third-order valence-electron chi connectivity index (χ3n) is 2.35. The summed E-state index contributed by atoms with van der Waals surface area (Å²) in [5.74, 6) is 0. The van der Waals surface area contributed by atoms with Gasteiger partial charge in [-0.2, -0.15) is 0 Å². The zero-order valence-electron chi connectivity index (χ0n) is 8.04. The van der Waals surface area contributed by atoms with Crippen LogP contribution < -0.4 is 0 Å². The van der Waals surface area contributed by atoms with E-state index < -0.39 is 0 Å². The minimum atomic E-state index is 1.01. The molecule has 0 aliphatic heterocycles. The molecule has 2 rings (SSSR count). The van der Waals surface area contributed by atoms with Gasteiger partial charge in [-0.15, -0.1) is 0 Å². The Labute approximate surface area is 78.4 Å². The summed E-state index contributed by atoms with van der Waals surface area (Å²) >= 11 is 0. The van der Waals surface area contributed by atoms with Crippen LogP contribution >= 0.6 is 0 Å². The van der Waals surface area contributed by atoms with Crippen molar-refractivity contribution in [2.75, 3.05) is 0 Å². The number of nitrogens with zero attached hydrogens (tertiary/aromatic N) is 1. The first-order chi connectivity index (χ1) is 6.31. The van der Waals surface area contributed by atoms with Gasteiger partial charge in [0.2, 0.25) is 0 Å². The Bertz CT molecular complexity index is 432. The monoisotopic (exact) mass is 171 g/mol. The van der Waals surface area contributed by atoms with Crippen LogP contribution in [0.25, 0.3) is 10.8 Å². The van der Waals surface area contributed by atoms with Gasteiger partial charge >= 0.3 is 0 Å². The summed E-state index contributed by atoms with van der Waals surface area (Å²) in [5, 5.41) is 2.56. The second kappa shape index (κ2) is 3.17. The third-order valence-corrected chi connectivity index (χ3v) is 2.35. The minimum Gasteiger partial charge on any atom is -0.258 e. The Morgan fingerprint density at radius 2 is 2.00 bits per heavy atom. The number of benzene rings is 1. The molecule has 66 valence electrons. The van der Waals surface area contributed by atoms with E-state index >= 15 is 0 Å². The molecule has 1 aromatic carbocycles. The molecule has 0 N–H and O–H groups in total. The second-order valence-electron chi connectivity index (χ2n) is 3.27. The quantitative estimate of drug-likeness (QED) is 0.642. The highest BCUT2D eigenvalue weighted by atomic mass is 14.7. The van der Waals surface area contributed by atoms with E-state index in [9.17, 15) is 0 Å². The molecule has 0 unspecified atom stereocenters. The fourth-order valence-electron chi connectivity index (χ4n) is 1.62. The van der Waals surface area contributed by atoms with Crippen LogP contribution in [0, 0.1) is 6.92 Å². The van der Waals surface area contributed by atoms with Gasteiger partial charge in [0.05, 0.1) is 0 Å². The molecule has 0 aliphatic rings. The van der Waals surface area contributed by atoms with Crippen molar-refractivity contribution in [1.82, 2.24) is 4.98 Å². The molecule has 0 aliphatic carbocycles. The molecular formula is C12H13N. The van der Waals surface area contributed by atoms with Crippen molar-refractivity contribution in [2.45, 2.75) is 20.3 Å². The molecule has 0 saturated heterocycles. The van der Waals surface area contributed by atoms with Gasteiger partial charge in [0, 0.05) is 16.8 Å². The van der Waals surface area contributed by atoms with Gasteiger partial charge < -0.3 is 0 Å². The highest BCUT2D eigenvalue weighted by molar-refractivity contribution is 5.84. The van der Waals surface area contributed by atoms with Crippen LogP contribution in [0.1, 0.15) is 18.3 Å². The Morgan fingerprint density at radius 3 is 2.77 bits per heavy atom. The summed E-state index contributed by atoms with van der Waals surface area (Å²) < 4.78 is 0. The zero-order chi connectivity index (χ0) is 9.26. The van der Waals surface area contributed by atoms with Crippen LogP contribution in [-0.2, 0) is 6.42 Å². The van der Waals surface area contributed by atoms with Crippen molar-refractivity contribution in [3.63, 3.8) is 0 Å². The summed E-state index contributed by atoms with van der Waals surface area (Å²) in [6.07, 6.45) is 1.01. The fourth-order valence-corrected chi connectivity index (χ4v) is 1.62. The van der Waals surface area contributed by atoms with Gasteiger partial charge in [0.1, 0.15) is 0 Å². The number of rotatable bonds is 1. The van der Waals surface area contributed by atoms with Gasteiger partial charge in [-0.25, -0.2) is 0 Å². The number of aromatic nitrogens is 1. The Balaban J connectivity index is 2.77.